The third-order valence-corrected chi connectivity index (χ3v) is 6.80. The van der Waals surface area contributed by atoms with E-state index in [-0.39, 0.29) is 11.9 Å². The summed E-state index contributed by atoms with van der Waals surface area (Å²) in [7, 11) is 1.65. The van der Waals surface area contributed by atoms with Crippen LogP contribution in [0.2, 0.25) is 0 Å². The van der Waals surface area contributed by atoms with Crippen LogP contribution >= 0.6 is 0 Å². The lowest BCUT2D eigenvalue weighted by molar-refractivity contribution is 0.0785. The van der Waals surface area contributed by atoms with Crippen LogP contribution in [0.15, 0.2) is 36.9 Å². The third-order valence-electron chi connectivity index (χ3n) is 6.80. The van der Waals surface area contributed by atoms with Crippen molar-refractivity contribution in [2.24, 2.45) is 5.73 Å². The maximum atomic E-state index is 12.9. The number of fused-ring (bicyclic) bond motifs is 1. The van der Waals surface area contributed by atoms with Gasteiger partial charge in [-0.3, -0.25) is 9.36 Å². The number of anilines is 2. The predicted molar refractivity (Wildman–Crippen MR) is 150 cm³/mol. The van der Waals surface area contributed by atoms with E-state index >= 15 is 0 Å². The minimum Gasteiger partial charge on any atom is -0.496 e. The predicted octanol–water partition coefficient (Wildman–Crippen LogP) is 2.74. The van der Waals surface area contributed by atoms with Crippen molar-refractivity contribution in [3.8, 4) is 11.6 Å². The Bertz CT molecular complexity index is 1530. The quantitative estimate of drug-likeness (QED) is 0.240. The van der Waals surface area contributed by atoms with Gasteiger partial charge in [-0.15, -0.1) is 10.2 Å². The number of aryl methyl sites for hydroxylation is 1. The molecule has 1 saturated heterocycles. The number of hydrogen-bond acceptors (Lipinski definition) is 10. The molecule has 0 radical (unpaired) electrons. The Morgan fingerprint density at radius 2 is 2.10 bits per heavy atom. The van der Waals surface area contributed by atoms with Crippen LogP contribution in [0.1, 0.15) is 40.5 Å². The highest BCUT2D eigenvalue weighted by atomic mass is 16.5. The first kappa shape index (κ1) is 26.0. The molecule has 4 heterocycles. The molecular formula is C27H32N10O2. The van der Waals surface area contributed by atoms with Crippen molar-refractivity contribution >= 4 is 34.5 Å². The van der Waals surface area contributed by atoms with Gasteiger partial charge in [-0.2, -0.15) is 0 Å². The van der Waals surface area contributed by atoms with Gasteiger partial charge in [-0.25, -0.2) is 9.97 Å². The number of likely N-dealkylation sites (tertiary alicyclic amines) is 1. The lowest BCUT2D eigenvalue weighted by Crippen LogP contribution is -2.32. The van der Waals surface area contributed by atoms with Crippen molar-refractivity contribution in [3.05, 3.63) is 59.3 Å². The Morgan fingerprint density at radius 3 is 2.79 bits per heavy atom. The average molecular weight is 529 g/mol. The van der Waals surface area contributed by atoms with E-state index in [0.717, 1.165) is 23.3 Å². The summed E-state index contributed by atoms with van der Waals surface area (Å²) in [5.74, 6) is 2.21. The fourth-order valence-corrected chi connectivity index (χ4v) is 4.83. The van der Waals surface area contributed by atoms with E-state index in [1.807, 2.05) is 26.0 Å². The monoisotopic (exact) mass is 528 g/mol. The van der Waals surface area contributed by atoms with Crippen LogP contribution in [0.4, 0.5) is 11.6 Å². The summed E-state index contributed by atoms with van der Waals surface area (Å²) >= 11 is 0. The van der Waals surface area contributed by atoms with Gasteiger partial charge in [0.15, 0.2) is 11.6 Å². The summed E-state index contributed by atoms with van der Waals surface area (Å²) in [6.07, 6.45) is 6.93. The number of amides is 1. The highest BCUT2D eigenvalue weighted by Gasteiger charge is 2.26. The van der Waals surface area contributed by atoms with Crippen molar-refractivity contribution in [2.45, 2.75) is 32.9 Å². The Hall–Kier alpha value is -4.58. The number of aromatic nitrogens is 5. The molecule has 1 unspecified atom stereocenters. The number of hydrogen-bond donors (Lipinski definition) is 4. The van der Waals surface area contributed by atoms with E-state index in [4.69, 9.17) is 15.9 Å². The molecule has 5 rings (SSSR count). The highest BCUT2D eigenvalue weighted by Crippen LogP contribution is 2.31. The second kappa shape index (κ2) is 11.0. The molecule has 3 aromatic heterocycles. The molecular weight excluding hydrogens is 496 g/mol. The number of ether oxygens (including phenoxy) is 1. The summed E-state index contributed by atoms with van der Waals surface area (Å²) in [6.45, 7) is 6.23. The number of nitrogens with zero attached hydrogens (tertiary/aromatic N) is 6. The minimum atomic E-state index is -0.167. The second-order valence-electron chi connectivity index (χ2n) is 9.48. The zero-order valence-corrected chi connectivity index (χ0v) is 22.2. The standard InChI is InChI=1S/C27H32N10O2/c1-4-30-24-19(10-28)23-20(12-32-24)26(37-14-21(33-15-37)27(38)36-8-7-18(29)13-36)35-34-25(23)31-11-17-5-6-22(39-3)16(2)9-17/h5-6,9-10,12,14-15,18,28H,4,7-8,11,13,29H2,1-3H3,(H,30,32)(H,31,34). The largest absolute Gasteiger partial charge is 0.496 e. The van der Waals surface area contributed by atoms with Crippen molar-refractivity contribution in [1.82, 2.24) is 29.6 Å². The van der Waals surface area contributed by atoms with E-state index in [9.17, 15) is 4.79 Å². The average Bonchev–Trinajstić information content (AvgIpc) is 3.61. The van der Waals surface area contributed by atoms with E-state index in [2.05, 4.69) is 36.9 Å². The number of carbonyl (C=O) groups is 1. The molecule has 4 aromatic rings. The number of nitrogens with one attached hydrogen (secondary N) is 3. The van der Waals surface area contributed by atoms with Crippen LogP contribution in [0.25, 0.3) is 16.6 Å². The molecule has 1 amide bonds. The van der Waals surface area contributed by atoms with Crippen LogP contribution in [0.5, 0.6) is 5.75 Å². The smallest absolute Gasteiger partial charge is 0.274 e. The van der Waals surface area contributed by atoms with Gasteiger partial charge in [0.05, 0.1) is 7.11 Å². The molecule has 1 aromatic carbocycles. The summed E-state index contributed by atoms with van der Waals surface area (Å²) in [5.41, 5.74) is 8.94. The zero-order chi connectivity index (χ0) is 27.5. The van der Waals surface area contributed by atoms with Crippen LogP contribution in [-0.2, 0) is 6.54 Å². The van der Waals surface area contributed by atoms with Crippen molar-refractivity contribution < 1.29 is 9.53 Å². The molecule has 1 atom stereocenters. The lowest BCUT2D eigenvalue weighted by atomic mass is 10.1. The summed E-state index contributed by atoms with van der Waals surface area (Å²) < 4.78 is 7.04. The van der Waals surface area contributed by atoms with Crippen LogP contribution < -0.4 is 21.1 Å². The molecule has 0 aliphatic carbocycles. The van der Waals surface area contributed by atoms with E-state index in [1.54, 1.807) is 35.3 Å². The van der Waals surface area contributed by atoms with Crippen molar-refractivity contribution in [2.75, 3.05) is 37.4 Å². The van der Waals surface area contributed by atoms with E-state index in [0.29, 0.717) is 65.7 Å². The first-order chi connectivity index (χ1) is 18.9. The normalized spacial score (nSPS) is 15.0. The van der Waals surface area contributed by atoms with Gasteiger partial charge in [0.25, 0.3) is 5.91 Å². The Labute approximate surface area is 226 Å². The van der Waals surface area contributed by atoms with Crippen LogP contribution in [0, 0.1) is 12.3 Å². The van der Waals surface area contributed by atoms with E-state index < -0.39 is 0 Å². The number of imidazole rings is 1. The molecule has 0 bridgehead atoms. The molecule has 12 heteroatoms. The van der Waals surface area contributed by atoms with Gasteiger partial charge in [0.2, 0.25) is 0 Å². The second-order valence-corrected chi connectivity index (χ2v) is 9.48. The van der Waals surface area contributed by atoms with Gasteiger partial charge >= 0.3 is 0 Å². The van der Waals surface area contributed by atoms with Gasteiger partial charge in [0, 0.05) is 67.2 Å². The van der Waals surface area contributed by atoms with Crippen LogP contribution in [0.3, 0.4) is 0 Å². The summed E-state index contributed by atoms with van der Waals surface area (Å²) in [6, 6.07) is 5.96. The Kier molecular flexibility index (Phi) is 7.37. The number of nitrogens with two attached hydrogens (primary N) is 1. The third kappa shape index (κ3) is 5.10. The fourth-order valence-electron chi connectivity index (χ4n) is 4.83. The molecule has 12 nitrogen and oxygen atoms in total. The number of carbonyl (C=O) groups excluding carboxylic acids is 1. The first-order valence-corrected chi connectivity index (χ1v) is 12.8. The number of rotatable bonds is 9. The Balaban J connectivity index is 1.53. The van der Waals surface area contributed by atoms with Gasteiger partial charge in [0.1, 0.15) is 23.6 Å². The molecule has 39 heavy (non-hydrogen) atoms. The van der Waals surface area contributed by atoms with Crippen LogP contribution in [-0.4, -0.2) is 74.5 Å². The maximum Gasteiger partial charge on any atom is 0.274 e. The molecule has 1 aliphatic heterocycles. The maximum absolute atomic E-state index is 12.9. The lowest BCUT2D eigenvalue weighted by Gasteiger charge is -2.16. The fraction of sp³-hybridized carbons (Fsp3) is 0.333. The van der Waals surface area contributed by atoms with Gasteiger partial charge < -0.3 is 31.4 Å². The van der Waals surface area contributed by atoms with Crippen molar-refractivity contribution in [3.63, 3.8) is 0 Å². The first-order valence-electron chi connectivity index (χ1n) is 12.8. The summed E-state index contributed by atoms with van der Waals surface area (Å²) in [4.78, 5) is 23.6. The van der Waals surface area contributed by atoms with Gasteiger partial charge in [-0.05, 0) is 37.5 Å². The zero-order valence-electron chi connectivity index (χ0n) is 22.2. The molecule has 5 N–H and O–H groups in total. The molecule has 1 fully saturated rings. The number of methoxy groups -OCH3 is 1. The van der Waals surface area contributed by atoms with Gasteiger partial charge in [-0.1, -0.05) is 12.1 Å². The molecule has 0 saturated carbocycles. The molecule has 1 aliphatic rings. The van der Waals surface area contributed by atoms with Crippen molar-refractivity contribution in [1.29, 1.82) is 5.41 Å². The number of pyridine rings is 1. The highest BCUT2D eigenvalue weighted by molar-refractivity contribution is 6.09. The minimum absolute atomic E-state index is 0.00994. The van der Waals surface area contributed by atoms with E-state index in [1.165, 1.54) is 6.21 Å². The SMILES string of the molecule is CCNc1ncc2c(-n3cnc(C(=O)N4CCC(N)C4)c3)nnc(NCc3ccc(OC)c(C)c3)c2c1C=N. The number of benzene rings is 1. The topological polar surface area (TPSA) is 160 Å². The Morgan fingerprint density at radius 1 is 1.26 bits per heavy atom. The molecule has 202 valence electrons. The summed E-state index contributed by atoms with van der Waals surface area (Å²) in [5, 5.41) is 25.1. The molecule has 0 spiro atoms.